The van der Waals surface area contributed by atoms with E-state index in [9.17, 15) is 9.67 Å². The third-order valence-corrected chi connectivity index (χ3v) is 4.39. The second-order valence-corrected chi connectivity index (χ2v) is 5.74. The van der Waals surface area contributed by atoms with E-state index in [1.165, 1.54) is 0 Å². The summed E-state index contributed by atoms with van der Waals surface area (Å²) in [6.07, 6.45) is 0.262. The molecule has 0 aromatic heterocycles. The van der Waals surface area contributed by atoms with Crippen molar-refractivity contribution in [2.24, 2.45) is 0 Å². The van der Waals surface area contributed by atoms with E-state index in [2.05, 4.69) is 0 Å². The summed E-state index contributed by atoms with van der Waals surface area (Å²) < 4.78 is 22.4. The Morgan fingerprint density at radius 1 is 1.18 bits per heavy atom. The van der Waals surface area contributed by atoms with E-state index in [4.69, 9.17) is 9.05 Å². The zero-order valence-electron chi connectivity index (χ0n) is 10.2. The number of hydrogen-bond acceptors (Lipinski definition) is 4. The molecule has 0 saturated heterocycles. The van der Waals surface area contributed by atoms with Crippen molar-refractivity contribution in [3.8, 4) is 0 Å². The Hall–Kier alpha value is -0.670. The maximum Gasteiger partial charge on any atom is 0.359 e. The standard InChI is InChI=1S/C12H19O4P/c1-3-15-17(14,16-4-2)12(13)10-11-8-6-5-7-9-11/h5-9,12-13H,3-4,10H2,1-2H3/t12-/m0/s1. The van der Waals surface area contributed by atoms with Crippen LogP contribution in [0.25, 0.3) is 0 Å². The van der Waals surface area contributed by atoms with Crippen molar-refractivity contribution < 1.29 is 18.7 Å². The van der Waals surface area contributed by atoms with Crippen LogP contribution in [0.15, 0.2) is 30.3 Å². The summed E-state index contributed by atoms with van der Waals surface area (Å²) in [6.45, 7) is 3.95. The Labute approximate surface area is 102 Å². The number of benzene rings is 1. The van der Waals surface area contributed by atoms with Crippen LogP contribution in [0.3, 0.4) is 0 Å². The number of aliphatic hydroxyl groups excluding tert-OH is 1. The molecule has 1 aromatic rings. The van der Waals surface area contributed by atoms with Crippen LogP contribution in [0.2, 0.25) is 0 Å². The van der Waals surface area contributed by atoms with Crippen molar-refractivity contribution in [2.75, 3.05) is 13.2 Å². The van der Waals surface area contributed by atoms with Gasteiger partial charge in [0, 0.05) is 6.42 Å². The molecule has 0 aliphatic carbocycles. The maximum absolute atomic E-state index is 12.2. The highest BCUT2D eigenvalue weighted by Crippen LogP contribution is 2.52. The van der Waals surface area contributed by atoms with E-state index >= 15 is 0 Å². The monoisotopic (exact) mass is 258 g/mol. The van der Waals surface area contributed by atoms with Gasteiger partial charge in [-0.2, -0.15) is 0 Å². The van der Waals surface area contributed by atoms with Crippen LogP contribution in [-0.4, -0.2) is 24.2 Å². The number of rotatable bonds is 7. The SMILES string of the molecule is CCOP(=O)(OCC)[C@H](O)Cc1ccccc1. The highest BCUT2D eigenvalue weighted by Gasteiger charge is 2.33. The Morgan fingerprint density at radius 3 is 2.18 bits per heavy atom. The Balaban J connectivity index is 2.72. The fourth-order valence-corrected chi connectivity index (χ4v) is 3.08. The van der Waals surface area contributed by atoms with E-state index in [0.29, 0.717) is 0 Å². The summed E-state index contributed by atoms with van der Waals surface area (Å²) in [7, 11) is -3.42. The van der Waals surface area contributed by atoms with E-state index in [1.807, 2.05) is 30.3 Å². The van der Waals surface area contributed by atoms with Gasteiger partial charge in [0.15, 0.2) is 5.85 Å². The van der Waals surface area contributed by atoms with Crippen molar-refractivity contribution in [1.82, 2.24) is 0 Å². The second-order valence-electron chi connectivity index (χ2n) is 3.55. The molecule has 4 nitrogen and oxygen atoms in total. The smallest absolute Gasteiger partial charge is 0.359 e. The van der Waals surface area contributed by atoms with Crippen molar-refractivity contribution in [2.45, 2.75) is 26.1 Å². The van der Waals surface area contributed by atoms with Gasteiger partial charge >= 0.3 is 7.60 Å². The normalized spacial score (nSPS) is 13.6. The molecule has 0 saturated carbocycles. The predicted octanol–water partition coefficient (Wildman–Crippen LogP) is 2.81. The first-order chi connectivity index (χ1) is 8.12. The van der Waals surface area contributed by atoms with Crippen LogP contribution < -0.4 is 0 Å². The molecule has 17 heavy (non-hydrogen) atoms. The molecule has 0 aliphatic rings. The zero-order chi connectivity index (χ0) is 12.7. The number of hydrogen-bond donors (Lipinski definition) is 1. The molecule has 0 radical (unpaired) electrons. The first-order valence-corrected chi connectivity index (χ1v) is 7.34. The lowest BCUT2D eigenvalue weighted by Crippen LogP contribution is -2.15. The fourth-order valence-electron chi connectivity index (χ4n) is 1.51. The van der Waals surface area contributed by atoms with Crippen LogP contribution >= 0.6 is 7.60 Å². The van der Waals surface area contributed by atoms with E-state index < -0.39 is 13.4 Å². The molecule has 0 bridgehead atoms. The topological polar surface area (TPSA) is 55.8 Å². The van der Waals surface area contributed by atoms with Gasteiger partial charge in [-0.25, -0.2) is 0 Å². The van der Waals surface area contributed by atoms with Gasteiger partial charge in [-0.3, -0.25) is 4.57 Å². The molecular formula is C12H19O4P. The van der Waals surface area contributed by atoms with Gasteiger partial charge in [0.1, 0.15) is 0 Å². The van der Waals surface area contributed by atoms with Crippen molar-refractivity contribution >= 4 is 7.60 Å². The molecule has 5 heteroatoms. The van der Waals surface area contributed by atoms with Crippen LogP contribution in [0.1, 0.15) is 19.4 Å². The molecule has 1 rings (SSSR count). The van der Waals surface area contributed by atoms with Gasteiger partial charge < -0.3 is 14.2 Å². The average molecular weight is 258 g/mol. The maximum atomic E-state index is 12.2. The van der Waals surface area contributed by atoms with Gasteiger partial charge in [0.2, 0.25) is 0 Å². The minimum absolute atomic E-state index is 0.253. The van der Waals surface area contributed by atoms with E-state index in [1.54, 1.807) is 13.8 Å². The first kappa shape index (κ1) is 14.4. The molecule has 1 N–H and O–H groups in total. The highest BCUT2D eigenvalue weighted by molar-refractivity contribution is 7.54. The molecule has 0 amide bonds. The second kappa shape index (κ2) is 6.92. The van der Waals surface area contributed by atoms with Gasteiger partial charge in [-0.15, -0.1) is 0 Å². The van der Waals surface area contributed by atoms with Crippen LogP contribution in [0, 0.1) is 0 Å². The minimum Gasteiger partial charge on any atom is -0.380 e. The third kappa shape index (κ3) is 4.25. The molecule has 1 aromatic carbocycles. The third-order valence-electron chi connectivity index (χ3n) is 2.24. The van der Waals surface area contributed by atoms with Gasteiger partial charge in [0.25, 0.3) is 0 Å². The molecule has 0 unspecified atom stereocenters. The fraction of sp³-hybridized carbons (Fsp3) is 0.500. The Morgan fingerprint density at radius 2 is 1.71 bits per heavy atom. The Kier molecular flexibility index (Phi) is 5.86. The summed E-state index contributed by atoms with van der Waals surface area (Å²) in [5.41, 5.74) is 0.902. The van der Waals surface area contributed by atoms with Crippen molar-refractivity contribution in [3.63, 3.8) is 0 Å². The molecule has 0 fully saturated rings. The zero-order valence-corrected chi connectivity index (χ0v) is 11.1. The summed E-state index contributed by atoms with van der Waals surface area (Å²) in [4.78, 5) is 0. The summed E-state index contributed by atoms with van der Waals surface area (Å²) >= 11 is 0. The largest absolute Gasteiger partial charge is 0.380 e. The lowest BCUT2D eigenvalue weighted by Gasteiger charge is -2.22. The number of aliphatic hydroxyl groups is 1. The molecule has 0 heterocycles. The first-order valence-electron chi connectivity index (χ1n) is 5.73. The summed E-state index contributed by atoms with van der Waals surface area (Å²) in [6, 6.07) is 9.36. The summed E-state index contributed by atoms with van der Waals surface area (Å²) in [5, 5.41) is 9.97. The van der Waals surface area contributed by atoms with Crippen LogP contribution in [-0.2, 0) is 20.0 Å². The average Bonchev–Trinajstić information content (AvgIpc) is 2.31. The summed E-state index contributed by atoms with van der Waals surface area (Å²) in [5.74, 6) is -1.12. The minimum atomic E-state index is -3.42. The quantitative estimate of drug-likeness (QED) is 0.764. The predicted molar refractivity (Wildman–Crippen MR) is 67.0 cm³/mol. The molecule has 0 spiro atoms. The van der Waals surface area contributed by atoms with Gasteiger partial charge in [0.05, 0.1) is 13.2 Å². The lowest BCUT2D eigenvalue weighted by molar-refractivity contribution is 0.149. The molecular weight excluding hydrogens is 239 g/mol. The van der Waals surface area contributed by atoms with Crippen molar-refractivity contribution in [1.29, 1.82) is 0 Å². The van der Waals surface area contributed by atoms with E-state index in [0.717, 1.165) is 5.56 Å². The lowest BCUT2D eigenvalue weighted by atomic mass is 10.2. The van der Waals surface area contributed by atoms with Crippen LogP contribution in [0.5, 0.6) is 0 Å². The van der Waals surface area contributed by atoms with Crippen LogP contribution in [0.4, 0.5) is 0 Å². The molecule has 0 aliphatic heterocycles. The van der Waals surface area contributed by atoms with Crippen molar-refractivity contribution in [3.05, 3.63) is 35.9 Å². The van der Waals surface area contributed by atoms with Gasteiger partial charge in [-0.1, -0.05) is 30.3 Å². The van der Waals surface area contributed by atoms with E-state index in [-0.39, 0.29) is 19.6 Å². The molecule has 1 atom stereocenters. The molecule has 96 valence electrons. The Bertz CT molecular complexity index is 356. The highest BCUT2D eigenvalue weighted by atomic mass is 31.2. The van der Waals surface area contributed by atoms with Gasteiger partial charge in [-0.05, 0) is 19.4 Å².